The number of hydrogen-bond acceptors (Lipinski definition) is 3. The fraction of sp³-hybridized carbons (Fsp3) is 0.136. The molecule has 0 heterocycles. The topological polar surface area (TPSA) is 75.3 Å². The van der Waals surface area contributed by atoms with Crippen LogP contribution in [0, 0.1) is 13.8 Å². The van der Waals surface area contributed by atoms with Crippen LogP contribution in [-0.2, 0) is 16.2 Å². The Kier molecular flexibility index (Phi) is 6.08. The summed E-state index contributed by atoms with van der Waals surface area (Å²) in [5.41, 5.74) is 0.0913. The molecule has 3 rings (SSSR count). The standard InChI is InChI=1S/C22H19F3N2O3S/c1-14-6-5-7-17(12-14)27-31(29,30)20-13-16(11-10-15(20)2)21(28)26-19-9-4-3-8-18(19)22(23,24)25/h3-13,27H,1-2H3,(H,26,28). The lowest BCUT2D eigenvalue weighted by atomic mass is 10.1. The van der Waals surface area contributed by atoms with Gasteiger partial charge < -0.3 is 5.32 Å². The van der Waals surface area contributed by atoms with Crippen molar-refractivity contribution in [2.45, 2.75) is 24.9 Å². The third-order valence-electron chi connectivity index (χ3n) is 4.49. The maximum absolute atomic E-state index is 13.2. The van der Waals surface area contributed by atoms with E-state index >= 15 is 0 Å². The van der Waals surface area contributed by atoms with Gasteiger partial charge in [-0.15, -0.1) is 0 Å². The summed E-state index contributed by atoms with van der Waals surface area (Å²) in [5.74, 6) is -0.858. The van der Waals surface area contributed by atoms with Gasteiger partial charge in [0.2, 0.25) is 0 Å². The molecular weight excluding hydrogens is 429 g/mol. The Morgan fingerprint density at radius 2 is 1.61 bits per heavy atom. The molecule has 9 heteroatoms. The van der Waals surface area contributed by atoms with Crippen LogP contribution >= 0.6 is 0 Å². The van der Waals surface area contributed by atoms with Gasteiger partial charge in [0, 0.05) is 11.3 Å². The summed E-state index contributed by atoms with van der Waals surface area (Å²) in [4.78, 5) is 12.4. The zero-order chi connectivity index (χ0) is 22.8. The molecule has 0 aromatic heterocycles. The number of benzene rings is 3. The molecule has 5 nitrogen and oxygen atoms in total. The number of sulfonamides is 1. The minimum atomic E-state index is -4.65. The van der Waals surface area contributed by atoms with E-state index in [1.165, 1.54) is 24.3 Å². The van der Waals surface area contributed by atoms with Gasteiger partial charge in [-0.3, -0.25) is 9.52 Å². The van der Waals surface area contributed by atoms with Gasteiger partial charge in [0.1, 0.15) is 0 Å². The van der Waals surface area contributed by atoms with E-state index in [9.17, 15) is 26.4 Å². The van der Waals surface area contributed by atoms with Crippen molar-refractivity contribution in [2.75, 3.05) is 10.0 Å². The van der Waals surface area contributed by atoms with Crippen LogP contribution in [0.25, 0.3) is 0 Å². The van der Waals surface area contributed by atoms with Crippen LogP contribution < -0.4 is 10.0 Å². The van der Waals surface area contributed by atoms with Crippen molar-refractivity contribution in [3.05, 3.63) is 89.0 Å². The van der Waals surface area contributed by atoms with Gasteiger partial charge in [-0.2, -0.15) is 13.2 Å². The molecule has 0 unspecified atom stereocenters. The summed E-state index contributed by atoms with van der Waals surface area (Å²) < 4.78 is 67.7. The maximum Gasteiger partial charge on any atom is 0.418 e. The fourth-order valence-corrected chi connectivity index (χ4v) is 4.30. The smallest absolute Gasteiger partial charge is 0.321 e. The lowest BCUT2D eigenvalue weighted by Gasteiger charge is -2.15. The molecule has 0 radical (unpaired) electrons. The molecule has 2 N–H and O–H groups in total. The Balaban J connectivity index is 1.92. The summed E-state index contributed by atoms with van der Waals surface area (Å²) >= 11 is 0. The second-order valence-corrected chi connectivity index (χ2v) is 8.60. The summed E-state index contributed by atoms with van der Waals surface area (Å²) in [7, 11) is -4.03. The molecule has 3 aromatic carbocycles. The molecule has 0 atom stereocenters. The zero-order valence-electron chi connectivity index (χ0n) is 16.6. The lowest BCUT2D eigenvalue weighted by Crippen LogP contribution is -2.18. The quantitative estimate of drug-likeness (QED) is 0.551. The van der Waals surface area contributed by atoms with Crippen molar-refractivity contribution in [3.63, 3.8) is 0 Å². The van der Waals surface area contributed by atoms with E-state index in [1.54, 1.807) is 25.1 Å². The fourth-order valence-electron chi connectivity index (χ4n) is 2.98. The highest BCUT2D eigenvalue weighted by atomic mass is 32.2. The molecule has 0 saturated heterocycles. The number of carbonyl (C=O) groups excluding carboxylic acids is 1. The molecule has 0 aliphatic rings. The number of carbonyl (C=O) groups is 1. The van der Waals surface area contributed by atoms with E-state index in [4.69, 9.17) is 0 Å². The van der Waals surface area contributed by atoms with Crippen molar-refractivity contribution in [1.29, 1.82) is 0 Å². The molecule has 31 heavy (non-hydrogen) atoms. The largest absolute Gasteiger partial charge is 0.418 e. The average molecular weight is 448 g/mol. The van der Waals surface area contributed by atoms with Crippen LogP contribution in [0.2, 0.25) is 0 Å². The van der Waals surface area contributed by atoms with Crippen LogP contribution in [0.15, 0.2) is 71.6 Å². The van der Waals surface area contributed by atoms with Gasteiger partial charge in [0.15, 0.2) is 0 Å². The van der Waals surface area contributed by atoms with Gasteiger partial charge in [0.25, 0.3) is 15.9 Å². The van der Waals surface area contributed by atoms with Gasteiger partial charge in [0.05, 0.1) is 16.1 Å². The van der Waals surface area contributed by atoms with E-state index in [0.29, 0.717) is 11.3 Å². The SMILES string of the molecule is Cc1cccc(NS(=O)(=O)c2cc(C(=O)Nc3ccccc3C(F)(F)F)ccc2C)c1. The minimum absolute atomic E-state index is 0.0906. The summed E-state index contributed by atoms with van der Waals surface area (Å²) in [6.45, 7) is 3.37. The van der Waals surface area contributed by atoms with Crippen LogP contribution in [0.5, 0.6) is 0 Å². The van der Waals surface area contributed by atoms with Crippen LogP contribution in [-0.4, -0.2) is 14.3 Å². The predicted molar refractivity (Wildman–Crippen MR) is 113 cm³/mol. The monoisotopic (exact) mass is 448 g/mol. The molecule has 0 bridgehead atoms. The van der Waals surface area contributed by atoms with Gasteiger partial charge in [-0.25, -0.2) is 8.42 Å². The first kappa shape index (κ1) is 22.4. The van der Waals surface area contributed by atoms with E-state index in [-0.39, 0.29) is 10.5 Å². The van der Waals surface area contributed by atoms with Crippen molar-refractivity contribution < 1.29 is 26.4 Å². The molecule has 0 aliphatic carbocycles. The summed E-state index contributed by atoms with van der Waals surface area (Å²) in [5, 5.41) is 2.21. The molecule has 0 fully saturated rings. The average Bonchev–Trinajstić information content (AvgIpc) is 2.67. The summed E-state index contributed by atoms with van der Waals surface area (Å²) in [6, 6.07) is 15.2. The van der Waals surface area contributed by atoms with Crippen molar-refractivity contribution >= 4 is 27.3 Å². The molecule has 0 spiro atoms. The molecule has 162 valence electrons. The number of alkyl halides is 3. The van der Waals surface area contributed by atoms with E-state index in [2.05, 4.69) is 10.0 Å². The maximum atomic E-state index is 13.2. The number of rotatable bonds is 5. The number of para-hydroxylation sites is 1. The van der Waals surface area contributed by atoms with E-state index in [0.717, 1.165) is 23.8 Å². The van der Waals surface area contributed by atoms with Crippen LogP contribution in [0.4, 0.5) is 24.5 Å². The first-order valence-corrected chi connectivity index (χ1v) is 10.6. The highest BCUT2D eigenvalue weighted by molar-refractivity contribution is 7.92. The first-order chi connectivity index (χ1) is 14.5. The highest BCUT2D eigenvalue weighted by Gasteiger charge is 2.33. The first-order valence-electron chi connectivity index (χ1n) is 9.15. The molecule has 0 saturated carbocycles. The Hall–Kier alpha value is -3.33. The van der Waals surface area contributed by atoms with E-state index < -0.39 is 33.4 Å². The number of halogens is 3. The number of nitrogens with one attached hydrogen (secondary N) is 2. The van der Waals surface area contributed by atoms with Gasteiger partial charge in [-0.1, -0.05) is 30.3 Å². The summed E-state index contributed by atoms with van der Waals surface area (Å²) in [6.07, 6.45) is -4.65. The molecular formula is C22H19F3N2O3S. The van der Waals surface area contributed by atoms with Crippen LogP contribution in [0.3, 0.4) is 0 Å². The molecule has 0 aliphatic heterocycles. The van der Waals surface area contributed by atoms with Crippen molar-refractivity contribution in [1.82, 2.24) is 0 Å². The molecule has 1 amide bonds. The van der Waals surface area contributed by atoms with Gasteiger partial charge >= 0.3 is 6.18 Å². The van der Waals surface area contributed by atoms with Gasteiger partial charge in [-0.05, 0) is 61.4 Å². The Labute approximate surface area is 178 Å². The third-order valence-corrected chi connectivity index (χ3v) is 6.01. The number of hydrogen-bond donors (Lipinski definition) is 2. The Morgan fingerprint density at radius 1 is 0.903 bits per heavy atom. The number of amides is 1. The van der Waals surface area contributed by atoms with E-state index in [1.807, 2.05) is 13.0 Å². The second kappa shape index (κ2) is 8.43. The number of aryl methyl sites for hydroxylation is 2. The second-order valence-electron chi connectivity index (χ2n) is 6.95. The van der Waals surface area contributed by atoms with Crippen LogP contribution in [0.1, 0.15) is 27.0 Å². The Morgan fingerprint density at radius 3 is 2.29 bits per heavy atom. The Bertz CT molecular complexity index is 1240. The van der Waals surface area contributed by atoms with Crippen molar-refractivity contribution in [2.24, 2.45) is 0 Å². The minimum Gasteiger partial charge on any atom is -0.321 e. The lowest BCUT2D eigenvalue weighted by molar-refractivity contribution is -0.136. The zero-order valence-corrected chi connectivity index (χ0v) is 17.4. The molecule has 3 aromatic rings. The normalized spacial score (nSPS) is 11.8. The highest BCUT2D eigenvalue weighted by Crippen LogP contribution is 2.34. The third kappa shape index (κ3) is 5.24. The van der Waals surface area contributed by atoms with Crippen molar-refractivity contribution in [3.8, 4) is 0 Å². The predicted octanol–water partition coefficient (Wildman–Crippen LogP) is 5.38. The number of anilines is 2.